The van der Waals surface area contributed by atoms with E-state index in [1.807, 2.05) is 64.1 Å². The number of hydrogen-bond donors (Lipinski definition) is 1. The number of halogens is 1. The van der Waals surface area contributed by atoms with Gasteiger partial charge in [-0.25, -0.2) is 9.97 Å². The highest BCUT2D eigenvalue weighted by Crippen LogP contribution is 2.34. The summed E-state index contributed by atoms with van der Waals surface area (Å²) in [5, 5.41) is 13.2. The van der Waals surface area contributed by atoms with Crippen molar-refractivity contribution in [1.29, 1.82) is 0 Å². The van der Waals surface area contributed by atoms with Crippen LogP contribution in [0.3, 0.4) is 0 Å². The number of aryl methyl sites for hydroxylation is 4. The lowest BCUT2D eigenvalue weighted by Gasteiger charge is -2.12. The molecule has 0 fully saturated rings. The predicted octanol–water partition coefficient (Wildman–Crippen LogP) is 6.44. The number of anilines is 1. The van der Waals surface area contributed by atoms with Crippen molar-refractivity contribution in [3.05, 3.63) is 76.0 Å². The number of hydrogen-bond acceptors (Lipinski definition) is 7. The van der Waals surface area contributed by atoms with Gasteiger partial charge in [0.1, 0.15) is 17.3 Å². The maximum Gasteiger partial charge on any atom is 0.167 e. The van der Waals surface area contributed by atoms with E-state index in [4.69, 9.17) is 30.6 Å². The molecule has 3 aromatic heterocycles. The Balaban J connectivity index is 1.66. The molecule has 7 nitrogen and oxygen atoms in total. The second-order valence-electron chi connectivity index (χ2n) is 8.01. The van der Waals surface area contributed by atoms with Crippen molar-refractivity contribution in [2.45, 2.75) is 34.2 Å². The molecule has 5 rings (SSSR count). The highest BCUT2D eigenvalue weighted by Gasteiger charge is 2.19. The van der Waals surface area contributed by atoms with Gasteiger partial charge in [-0.1, -0.05) is 40.1 Å². The second-order valence-corrected chi connectivity index (χ2v) is 8.45. The molecule has 0 amide bonds. The van der Waals surface area contributed by atoms with Gasteiger partial charge < -0.3 is 14.4 Å². The van der Waals surface area contributed by atoms with Crippen LogP contribution in [0.1, 0.15) is 28.5 Å². The van der Waals surface area contributed by atoms with Gasteiger partial charge in [0, 0.05) is 22.5 Å². The standard InChI is InChI=1S/C25H22ClN5O2/c1-13-22(15(3)32-30-13)18-8-9-21-20(11-18)24(27-12-17-6-5-7-19(26)10-17)29-25(28-21)23-14(2)31-33-16(23)4/h5-11H,12H2,1-4H3,(H,27,28,29). The Morgan fingerprint density at radius 2 is 1.58 bits per heavy atom. The minimum absolute atomic E-state index is 0.559. The normalized spacial score (nSPS) is 11.3. The highest BCUT2D eigenvalue weighted by atomic mass is 35.5. The highest BCUT2D eigenvalue weighted by molar-refractivity contribution is 6.30. The Kier molecular flexibility index (Phi) is 5.34. The Labute approximate surface area is 195 Å². The molecular weight excluding hydrogens is 438 g/mol. The fourth-order valence-electron chi connectivity index (χ4n) is 4.06. The summed E-state index contributed by atoms with van der Waals surface area (Å²) < 4.78 is 10.7. The van der Waals surface area contributed by atoms with E-state index in [2.05, 4.69) is 21.7 Å². The summed E-state index contributed by atoms with van der Waals surface area (Å²) in [7, 11) is 0. The van der Waals surface area contributed by atoms with Crippen LogP contribution in [0.25, 0.3) is 33.4 Å². The molecule has 0 atom stereocenters. The molecule has 0 radical (unpaired) electrons. The van der Waals surface area contributed by atoms with Gasteiger partial charge in [-0.15, -0.1) is 0 Å². The lowest BCUT2D eigenvalue weighted by atomic mass is 10.0. The molecule has 5 aromatic rings. The van der Waals surface area contributed by atoms with Gasteiger partial charge in [0.25, 0.3) is 0 Å². The molecule has 1 N–H and O–H groups in total. The van der Waals surface area contributed by atoms with Crippen LogP contribution in [0, 0.1) is 27.7 Å². The van der Waals surface area contributed by atoms with Crippen LogP contribution >= 0.6 is 11.6 Å². The molecule has 0 aliphatic carbocycles. The molecule has 0 aliphatic heterocycles. The van der Waals surface area contributed by atoms with Gasteiger partial charge in [-0.05, 0) is 63.1 Å². The molecule has 0 saturated heterocycles. The summed E-state index contributed by atoms with van der Waals surface area (Å²) in [6, 6.07) is 13.8. The molecular formula is C25H22ClN5O2. The first-order valence-electron chi connectivity index (χ1n) is 10.6. The molecule has 0 saturated carbocycles. The lowest BCUT2D eigenvalue weighted by Crippen LogP contribution is -2.05. The smallest absolute Gasteiger partial charge is 0.167 e. The third kappa shape index (κ3) is 3.96. The monoisotopic (exact) mass is 459 g/mol. The van der Waals surface area contributed by atoms with Crippen LogP contribution in [-0.2, 0) is 6.54 Å². The summed E-state index contributed by atoms with van der Waals surface area (Å²) in [6.07, 6.45) is 0. The average molecular weight is 460 g/mol. The lowest BCUT2D eigenvalue weighted by molar-refractivity contribution is 0.393. The maximum atomic E-state index is 6.17. The van der Waals surface area contributed by atoms with Gasteiger partial charge in [-0.2, -0.15) is 0 Å². The van der Waals surface area contributed by atoms with Crippen LogP contribution in [0.15, 0.2) is 51.5 Å². The van der Waals surface area contributed by atoms with E-state index in [-0.39, 0.29) is 0 Å². The fraction of sp³-hybridized carbons (Fsp3) is 0.200. The molecule has 0 spiro atoms. The van der Waals surface area contributed by atoms with Crippen molar-refractivity contribution in [1.82, 2.24) is 20.3 Å². The van der Waals surface area contributed by atoms with Crippen molar-refractivity contribution < 1.29 is 9.05 Å². The third-order valence-corrected chi connectivity index (χ3v) is 5.86. The van der Waals surface area contributed by atoms with Crippen LogP contribution in [0.5, 0.6) is 0 Å². The summed E-state index contributed by atoms with van der Waals surface area (Å²) in [5.41, 5.74) is 6.23. The van der Waals surface area contributed by atoms with Crippen LogP contribution in [0.2, 0.25) is 5.02 Å². The molecule has 0 unspecified atom stereocenters. The van der Waals surface area contributed by atoms with E-state index in [1.165, 1.54) is 0 Å². The zero-order valence-electron chi connectivity index (χ0n) is 18.7. The van der Waals surface area contributed by atoms with Gasteiger partial charge in [0.2, 0.25) is 0 Å². The summed E-state index contributed by atoms with van der Waals surface area (Å²) in [6.45, 7) is 8.16. The molecule has 166 valence electrons. The van der Waals surface area contributed by atoms with E-state index in [9.17, 15) is 0 Å². The summed E-state index contributed by atoms with van der Waals surface area (Å²) in [5.74, 6) is 2.73. The number of rotatable bonds is 5. The van der Waals surface area contributed by atoms with Crippen LogP contribution in [0.4, 0.5) is 5.82 Å². The van der Waals surface area contributed by atoms with Crippen molar-refractivity contribution >= 4 is 28.3 Å². The minimum Gasteiger partial charge on any atom is -0.365 e. The fourth-order valence-corrected chi connectivity index (χ4v) is 4.27. The Bertz CT molecular complexity index is 1450. The van der Waals surface area contributed by atoms with Crippen molar-refractivity contribution in [2.75, 3.05) is 5.32 Å². The van der Waals surface area contributed by atoms with E-state index >= 15 is 0 Å². The minimum atomic E-state index is 0.559. The first-order valence-corrected chi connectivity index (χ1v) is 10.9. The molecule has 3 heterocycles. The van der Waals surface area contributed by atoms with Gasteiger partial charge in [0.05, 0.1) is 22.5 Å². The molecule has 33 heavy (non-hydrogen) atoms. The largest absolute Gasteiger partial charge is 0.365 e. The zero-order chi connectivity index (χ0) is 23.1. The Morgan fingerprint density at radius 1 is 0.848 bits per heavy atom. The van der Waals surface area contributed by atoms with E-state index < -0.39 is 0 Å². The third-order valence-electron chi connectivity index (χ3n) is 5.62. The first kappa shape index (κ1) is 21.2. The second kappa shape index (κ2) is 8.33. The topological polar surface area (TPSA) is 89.9 Å². The predicted molar refractivity (Wildman–Crippen MR) is 128 cm³/mol. The van der Waals surface area contributed by atoms with Gasteiger partial charge in [-0.3, -0.25) is 0 Å². The molecule has 0 aliphatic rings. The van der Waals surface area contributed by atoms with Crippen molar-refractivity contribution in [3.8, 4) is 22.5 Å². The Hall–Kier alpha value is -3.71. The number of benzene rings is 2. The number of nitrogens with zero attached hydrogens (tertiary/aromatic N) is 4. The van der Waals surface area contributed by atoms with Crippen molar-refractivity contribution in [2.24, 2.45) is 0 Å². The summed E-state index contributed by atoms with van der Waals surface area (Å²) >= 11 is 6.17. The van der Waals surface area contributed by atoms with E-state index in [1.54, 1.807) is 0 Å². The van der Waals surface area contributed by atoms with Gasteiger partial charge in [0.15, 0.2) is 5.82 Å². The van der Waals surface area contributed by atoms with E-state index in [0.717, 1.165) is 50.3 Å². The first-order chi connectivity index (χ1) is 15.9. The van der Waals surface area contributed by atoms with E-state index in [0.29, 0.717) is 29.0 Å². The number of fused-ring (bicyclic) bond motifs is 1. The molecule has 0 bridgehead atoms. The zero-order valence-corrected chi connectivity index (χ0v) is 19.5. The maximum absolute atomic E-state index is 6.17. The van der Waals surface area contributed by atoms with Crippen LogP contribution < -0.4 is 5.32 Å². The number of nitrogens with one attached hydrogen (secondary N) is 1. The SMILES string of the molecule is Cc1noc(C)c1-c1ccc2nc(-c3c(C)noc3C)nc(NCc3cccc(Cl)c3)c2c1. The molecule has 8 heteroatoms. The van der Waals surface area contributed by atoms with Gasteiger partial charge >= 0.3 is 0 Å². The Morgan fingerprint density at radius 3 is 2.24 bits per heavy atom. The van der Waals surface area contributed by atoms with Crippen molar-refractivity contribution in [3.63, 3.8) is 0 Å². The van der Waals surface area contributed by atoms with Crippen LogP contribution in [-0.4, -0.2) is 20.3 Å². The summed E-state index contributed by atoms with van der Waals surface area (Å²) in [4.78, 5) is 9.70. The molecule has 2 aromatic carbocycles. The average Bonchev–Trinajstić information content (AvgIpc) is 3.31. The number of aromatic nitrogens is 4. The quantitative estimate of drug-likeness (QED) is 0.323.